The van der Waals surface area contributed by atoms with Crippen molar-refractivity contribution >= 4 is 11.7 Å². The molecule has 88 valence electrons. The Morgan fingerprint density at radius 1 is 1.35 bits per heavy atom. The fraction of sp³-hybridized carbons (Fsp3) is 0.273. The fourth-order valence-corrected chi connectivity index (χ4v) is 1.33. The second-order valence-corrected chi connectivity index (χ2v) is 3.80. The quantitative estimate of drug-likeness (QED) is 0.852. The van der Waals surface area contributed by atoms with Crippen LogP contribution in [0.2, 0.25) is 0 Å². The van der Waals surface area contributed by atoms with Gasteiger partial charge in [0.1, 0.15) is 12.4 Å². The van der Waals surface area contributed by atoms with Gasteiger partial charge < -0.3 is 5.32 Å². The summed E-state index contributed by atoms with van der Waals surface area (Å²) in [4.78, 5) is 15.8. The first-order chi connectivity index (χ1) is 8.15. The van der Waals surface area contributed by atoms with Gasteiger partial charge in [-0.2, -0.15) is 0 Å². The van der Waals surface area contributed by atoms with Crippen molar-refractivity contribution in [1.82, 2.24) is 20.0 Å². The van der Waals surface area contributed by atoms with Crippen LogP contribution in [0, 0.1) is 13.8 Å². The Morgan fingerprint density at radius 2 is 2.18 bits per heavy atom. The summed E-state index contributed by atoms with van der Waals surface area (Å²) in [5.74, 6) is 0.369. The molecule has 0 radical (unpaired) electrons. The SMILES string of the molecule is Cc1ccc(NC(=O)Cn2nncc2C)nc1. The van der Waals surface area contributed by atoms with Gasteiger partial charge in [0.2, 0.25) is 5.91 Å². The molecule has 0 bridgehead atoms. The largest absolute Gasteiger partial charge is 0.309 e. The summed E-state index contributed by atoms with van der Waals surface area (Å²) in [5, 5.41) is 10.2. The Balaban J connectivity index is 1.98. The molecule has 0 fully saturated rings. The molecule has 2 heterocycles. The third-order valence-corrected chi connectivity index (χ3v) is 2.28. The first kappa shape index (κ1) is 11.3. The normalized spacial score (nSPS) is 10.2. The van der Waals surface area contributed by atoms with Gasteiger partial charge in [-0.25, -0.2) is 9.67 Å². The summed E-state index contributed by atoms with van der Waals surface area (Å²) >= 11 is 0. The maximum atomic E-state index is 11.7. The van der Waals surface area contributed by atoms with Crippen molar-refractivity contribution in [3.63, 3.8) is 0 Å². The van der Waals surface area contributed by atoms with E-state index in [4.69, 9.17) is 0 Å². The van der Waals surface area contributed by atoms with Crippen molar-refractivity contribution in [2.75, 3.05) is 5.32 Å². The van der Waals surface area contributed by atoms with Crippen LogP contribution < -0.4 is 5.32 Å². The molecule has 0 aliphatic carbocycles. The summed E-state index contributed by atoms with van der Waals surface area (Å²) < 4.78 is 1.53. The highest BCUT2D eigenvalue weighted by Crippen LogP contribution is 2.04. The van der Waals surface area contributed by atoms with Gasteiger partial charge in [0.05, 0.1) is 11.9 Å². The van der Waals surface area contributed by atoms with Crippen molar-refractivity contribution in [3.05, 3.63) is 35.8 Å². The molecule has 0 atom stereocenters. The van der Waals surface area contributed by atoms with E-state index in [1.54, 1.807) is 18.5 Å². The molecule has 1 N–H and O–H groups in total. The highest BCUT2D eigenvalue weighted by molar-refractivity contribution is 5.89. The number of amides is 1. The monoisotopic (exact) mass is 231 g/mol. The van der Waals surface area contributed by atoms with E-state index in [9.17, 15) is 4.79 Å². The van der Waals surface area contributed by atoms with Crippen LogP contribution in [0.25, 0.3) is 0 Å². The summed E-state index contributed by atoms with van der Waals surface area (Å²) in [6.07, 6.45) is 3.31. The molecule has 6 nitrogen and oxygen atoms in total. The standard InChI is InChI=1S/C11H13N5O/c1-8-3-4-10(12-5-8)14-11(17)7-16-9(2)6-13-15-16/h3-6H,7H2,1-2H3,(H,12,14,17). The minimum absolute atomic E-state index is 0.140. The van der Waals surface area contributed by atoms with Gasteiger partial charge in [-0.05, 0) is 25.5 Å². The number of pyridine rings is 1. The van der Waals surface area contributed by atoms with E-state index in [2.05, 4.69) is 20.6 Å². The first-order valence-electron chi connectivity index (χ1n) is 5.23. The molecule has 0 aliphatic rings. The number of anilines is 1. The number of carbonyl (C=O) groups is 1. The molecule has 0 unspecified atom stereocenters. The van der Waals surface area contributed by atoms with Crippen molar-refractivity contribution in [1.29, 1.82) is 0 Å². The molecule has 2 aromatic heterocycles. The molecular formula is C11H13N5O. The van der Waals surface area contributed by atoms with Gasteiger partial charge in [-0.15, -0.1) is 5.10 Å². The smallest absolute Gasteiger partial charge is 0.247 e. The molecule has 17 heavy (non-hydrogen) atoms. The lowest BCUT2D eigenvalue weighted by Crippen LogP contribution is -2.20. The Kier molecular flexibility index (Phi) is 3.13. The van der Waals surface area contributed by atoms with Gasteiger partial charge in [0, 0.05) is 6.20 Å². The molecule has 0 saturated carbocycles. The average molecular weight is 231 g/mol. The zero-order valence-corrected chi connectivity index (χ0v) is 9.71. The number of hydrogen-bond donors (Lipinski definition) is 1. The Morgan fingerprint density at radius 3 is 2.76 bits per heavy atom. The molecule has 6 heteroatoms. The highest BCUT2D eigenvalue weighted by atomic mass is 16.2. The first-order valence-corrected chi connectivity index (χ1v) is 5.23. The third-order valence-electron chi connectivity index (χ3n) is 2.28. The molecule has 2 rings (SSSR count). The average Bonchev–Trinajstić information content (AvgIpc) is 2.68. The highest BCUT2D eigenvalue weighted by Gasteiger charge is 2.06. The molecule has 2 aromatic rings. The number of nitrogens with zero attached hydrogens (tertiary/aromatic N) is 4. The van der Waals surface area contributed by atoms with Crippen molar-refractivity contribution in [3.8, 4) is 0 Å². The van der Waals surface area contributed by atoms with Crippen LogP contribution in [-0.4, -0.2) is 25.9 Å². The summed E-state index contributed by atoms with van der Waals surface area (Å²) in [7, 11) is 0. The van der Waals surface area contributed by atoms with E-state index in [0.29, 0.717) is 5.82 Å². The fourth-order valence-electron chi connectivity index (χ4n) is 1.33. The van der Waals surface area contributed by atoms with Crippen molar-refractivity contribution in [2.45, 2.75) is 20.4 Å². The van der Waals surface area contributed by atoms with E-state index in [1.807, 2.05) is 19.9 Å². The van der Waals surface area contributed by atoms with E-state index in [0.717, 1.165) is 11.3 Å². The van der Waals surface area contributed by atoms with Crippen molar-refractivity contribution in [2.24, 2.45) is 0 Å². The van der Waals surface area contributed by atoms with Gasteiger partial charge in [-0.1, -0.05) is 11.3 Å². The third kappa shape index (κ3) is 2.87. The number of rotatable bonds is 3. The minimum atomic E-state index is -0.171. The van der Waals surface area contributed by atoms with E-state index in [1.165, 1.54) is 4.68 Å². The summed E-state index contributed by atoms with van der Waals surface area (Å²) in [6.45, 7) is 3.93. The van der Waals surface area contributed by atoms with E-state index in [-0.39, 0.29) is 12.5 Å². The lowest BCUT2D eigenvalue weighted by molar-refractivity contribution is -0.117. The zero-order valence-electron chi connectivity index (χ0n) is 9.71. The molecule has 0 spiro atoms. The number of aryl methyl sites for hydroxylation is 2. The number of aromatic nitrogens is 4. The maximum Gasteiger partial charge on any atom is 0.247 e. The van der Waals surface area contributed by atoms with E-state index >= 15 is 0 Å². The van der Waals surface area contributed by atoms with Crippen LogP contribution in [0.5, 0.6) is 0 Å². The second kappa shape index (κ2) is 4.73. The molecule has 0 saturated heterocycles. The van der Waals surface area contributed by atoms with E-state index < -0.39 is 0 Å². The minimum Gasteiger partial charge on any atom is -0.309 e. The van der Waals surface area contributed by atoms with Crippen molar-refractivity contribution < 1.29 is 4.79 Å². The second-order valence-electron chi connectivity index (χ2n) is 3.80. The van der Waals surface area contributed by atoms with Gasteiger partial charge in [-0.3, -0.25) is 4.79 Å². The number of hydrogen-bond acceptors (Lipinski definition) is 4. The van der Waals surface area contributed by atoms with Gasteiger partial charge >= 0.3 is 0 Å². The van der Waals surface area contributed by atoms with Crippen LogP contribution in [0.4, 0.5) is 5.82 Å². The Bertz CT molecular complexity index is 517. The number of nitrogens with one attached hydrogen (secondary N) is 1. The van der Waals surface area contributed by atoms with Crippen LogP contribution in [0.3, 0.4) is 0 Å². The van der Waals surface area contributed by atoms with Crippen LogP contribution >= 0.6 is 0 Å². The van der Waals surface area contributed by atoms with Crippen LogP contribution in [0.1, 0.15) is 11.3 Å². The molecular weight excluding hydrogens is 218 g/mol. The summed E-state index contributed by atoms with van der Waals surface area (Å²) in [6, 6.07) is 3.66. The molecule has 0 aromatic carbocycles. The van der Waals surface area contributed by atoms with Gasteiger partial charge in [0.15, 0.2) is 0 Å². The molecule has 1 amide bonds. The Hall–Kier alpha value is -2.24. The summed E-state index contributed by atoms with van der Waals surface area (Å²) in [5.41, 5.74) is 1.90. The Labute approximate surface area is 98.7 Å². The lowest BCUT2D eigenvalue weighted by atomic mass is 10.3. The maximum absolute atomic E-state index is 11.7. The number of carbonyl (C=O) groups excluding carboxylic acids is 1. The lowest BCUT2D eigenvalue weighted by Gasteiger charge is -2.05. The molecule has 0 aliphatic heterocycles. The predicted molar refractivity (Wildman–Crippen MR) is 62.4 cm³/mol. The topological polar surface area (TPSA) is 72.7 Å². The van der Waals surface area contributed by atoms with Gasteiger partial charge in [0.25, 0.3) is 0 Å². The predicted octanol–water partition coefficient (Wildman–Crippen LogP) is 0.929. The van der Waals surface area contributed by atoms with Crippen LogP contribution in [-0.2, 0) is 11.3 Å². The zero-order chi connectivity index (χ0) is 12.3. The van der Waals surface area contributed by atoms with Crippen LogP contribution in [0.15, 0.2) is 24.5 Å².